The van der Waals surface area contributed by atoms with Crippen LogP contribution in [0, 0.1) is 11.6 Å². The SMILES string of the molecule is CC(C)N1C(=O)[C@H](NC(=O)[C@@H](Cc2cccc(F)c2)NC(=O)c2ccc(C(F)(F)F)cc2F)COc2cc(Cl)ccc21. The molecule has 7 nitrogen and oxygen atoms in total. The van der Waals surface area contributed by atoms with Crippen LogP contribution in [0.2, 0.25) is 5.02 Å². The van der Waals surface area contributed by atoms with Crippen LogP contribution in [0.1, 0.15) is 35.3 Å². The highest BCUT2D eigenvalue weighted by Crippen LogP contribution is 2.35. The number of nitrogens with zero attached hydrogens (tertiary/aromatic N) is 1. The van der Waals surface area contributed by atoms with Crippen molar-refractivity contribution in [1.29, 1.82) is 0 Å². The molecular weight excluding hydrogens is 585 g/mol. The lowest BCUT2D eigenvalue weighted by molar-refractivity contribution is -0.137. The van der Waals surface area contributed by atoms with E-state index in [0.29, 0.717) is 28.6 Å². The highest BCUT2D eigenvalue weighted by atomic mass is 35.5. The smallest absolute Gasteiger partial charge is 0.416 e. The van der Waals surface area contributed by atoms with Crippen LogP contribution >= 0.6 is 11.6 Å². The number of carbonyl (C=O) groups excluding carboxylic acids is 3. The van der Waals surface area contributed by atoms with Crippen molar-refractivity contribution in [2.75, 3.05) is 11.5 Å². The summed E-state index contributed by atoms with van der Waals surface area (Å²) in [5.41, 5.74) is -1.34. The number of alkyl halides is 3. The van der Waals surface area contributed by atoms with Crippen molar-refractivity contribution in [1.82, 2.24) is 10.6 Å². The zero-order valence-corrected chi connectivity index (χ0v) is 23.0. The van der Waals surface area contributed by atoms with Gasteiger partial charge in [0.05, 0.1) is 16.8 Å². The molecule has 0 radical (unpaired) electrons. The van der Waals surface area contributed by atoms with E-state index in [1.807, 2.05) is 0 Å². The third kappa shape index (κ3) is 6.99. The maximum absolute atomic E-state index is 14.5. The second kappa shape index (κ2) is 12.4. The maximum atomic E-state index is 14.5. The van der Waals surface area contributed by atoms with Gasteiger partial charge >= 0.3 is 6.18 Å². The summed E-state index contributed by atoms with van der Waals surface area (Å²) in [6.45, 7) is 3.22. The number of fused-ring (bicyclic) bond motifs is 1. The molecule has 4 rings (SSSR count). The molecule has 0 saturated carbocycles. The fraction of sp³-hybridized carbons (Fsp3) is 0.276. The summed E-state index contributed by atoms with van der Waals surface area (Å²) in [4.78, 5) is 41.4. The minimum absolute atomic E-state index is 0.169. The van der Waals surface area contributed by atoms with Crippen molar-refractivity contribution in [3.05, 3.63) is 94.0 Å². The molecule has 0 bridgehead atoms. The number of nitrogens with one attached hydrogen (secondary N) is 2. The van der Waals surface area contributed by atoms with Gasteiger partial charge in [-0.25, -0.2) is 8.78 Å². The van der Waals surface area contributed by atoms with Gasteiger partial charge in [-0.15, -0.1) is 0 Å². The average Bonchev–Trinajstić information content (AvgIpc) is 3.03. The summed E-state index contributed by atoms with van der Waals surface area (Å²) in [7, 11) is 0. The number of amides is 3. The van der Waals surface area contributed by atoms with Gasteiger partial charge in [0.1, 0.15) is 36.1 Å². The Hall–Kier alpha value is -4.19. The van der Waals surface area contributed by atoms with E-state index in [2.05, 4.69) is 10.6 Å². The number of benzene rings is 3. The fourth-order valence-corrected chi connectivity index (χ4v) is 4.62. The lowest BCUT2D eigenvalue weighted by Crippen LogP contribution is -2.57. The molecule has 1 aliphatic rings. The molecule has 0 aromatic heterocycles. The summed E-state index contributed by atoms with van der Waals surface area (Å²) < 4.78 is 73.0. The van der Waals surface area contributed by atoms with Crippen LogP contribution in [0.25, 0.3) is 0 Å². The number of hydrogen-bond acceptors (Lipinski definition) is 4. The number of anilines is 1. The Bertz CT molecular complexity index is 1510. The largest absolute Gasteiger partial charge is 0.489 e. The topological polar surface area (TPSA) is 87.7 Å². The van der Waals surface area contributed by atoms with Crippen molar-refractivity contribution < 1.29 is 41.1 Å². The number of halogens is 6. The van der Waals surface area contributed by atoms with Gasteiger partial charge in [0, 0.05) is 23.6 Å². The second-order valence-electron chi connectivity index (χ2n) is 9.84. The minimum Gasteiger partial charge on any atom is -0.489 e. The Morgan fingerprint density at radius 1 is 1.07 bits per heavy atom. The Morgan fingerprint density at radius 3 is 2.45 bits per heavy atom. The molecule has 42 heavy (non-hydrogen) atoms. The third-order valence-electron chi connectivity index (χ3n) is 6.45. The summed E-state index contributed by atoms with van der Waals surface area (Å²) in [6.07, 6.45) is -5.12. The first-order valence-electron chi connectivity index (χ1n) is 12.7. The molecule has 0 unspecified atom stereocenters. The van der Waals surface area contributed by atoms with Crippen LogP contribution in [0.3, 0.4) is 0 Å². The van der Waals surface area contributed by atoms with Crippen molar-refractivity contribution in [2.45, 2.75) is 44.6 Å². The molecule has 13 heteroatoms. The van der Waals surface area contributed by atoms with E-state index in [1.54, 1.807) is 26.0 Å². The number of hydrogen-bond donors (Lipinski definition) is 2. The van der Waals surface area contributed by atoms with E-state index < -0.39 is 58.7 Å². The minimum atomic E-state index is -4.84. The van der Waals surface area contributed by atoms with Gasteiger partial charge < -0.3 is 20.3 Å². The first kappa shape index (κ1) is 30.8. The number of ether oxygens (including phenoxy) is 1. The number of carbonyl (C=O) groups is 3. The van der Waals surface area contributed by atoms with Gasteiger partial charge in [-0.05, 0) is 61.9 Å². The predicted octanol–water partition coefficient (Wildman–Crippen LogP) is 5.30. The van der Waals surface area contributed by atoms with Crippen molar-refractivity contribution in [3.8, 4) is 5.75 Å². The molecule has 0 spiro atoms. The van der Waals surface area contributed by atoms with Crippen LogP contribution in [-0.2, 0) is 22.2 Å². The van der Waals surface area contributed by atoms with Crippen LogP contribution in [-0.4, -0.2) is 42.5 Å². The molecule has 3 aromatic carbocycles. The van der Waals surface area contributed by atoms with Crippen molar-refractivity contribution >= 4 is 35.0 Å². The molecule has 2 N–H and O–H groups in total. The Balaban J connectivity index is 1.60. The van der Waals surface area contributed by atoms with Gasteiger partial charge in [-0.1, -0.05) is 23.7 Å². The van der Waals surface area contributed by atoms with Gasteiger partial charge in [-0.3, -0.25) is 14.4 Å². The second-order valence-corrected chi connectivity index (χ2v) is 10.3. The maximum Gasteiger partial charge on any atom is 0.416 e. The van der Waals surface area contributed by atoms with Gasteiger partial charge in [0.2, 0.25) is 5.91 Å². The van der Waals surface area contributed by atoms with Crippen LogP contribution in [0.15, 0.2) is 60.7 Å². The molecule has 222 valence electrons. The van der Waals surface area contributed by atoms with Gasteiger partial charge in [-0.2, -0.15) is 13.2 Å². The zero-order valence-electron chi connectivity index (χ0n) is 22.3. The molecule has 0 saturated heterocycles. The van der Waals surface area contributed by atoms with E-state index >= 15 is 0 Å². The van der Waals surface area contributed by atoms with E-state index in [0.717, 1.165) is 6.07 Å². The highest BCUT2D eigenvalue weighted by molar-refractivity contribution is 6.30. The van der Waals surface area contributed by atoms with Crippen LogP contribution < -0.4 is 20.3 Å². The van der Waals surface area contributed by atoms with Gasteiger partial charge in [0.25, 0.3) is 11.8 Å². The van der Waals surface area contributed by atoms with Gasteiger partial charge in [0.15, 0.2) is 0 Å². The first-order valence-corrected chi connectivity index (χ1v) is 13.1. The Morgan fingerprint density at radius 2 is 1.81 bits per heavy atom. The molecule has 3 amide bonds. The zero-order chi connectivity index (χ0) is 30.8. The average molecular weight is 610 g/mol. The van der Waals surface area contributed by atoms with Crippen molar-refractivity contribution in [3.63, 3.8) is 0 Å². The third-order valence-corrected chi connectivity index (χ3v) is 6.68. The van der Waals surface area contributed by atoms with E-state index in [4.69, 9.17) is 16.3 Å². The fourth-order valence-electron chi connectivity index (χ4n) is 4.46. The molecule has 0 fully saturated rings. The molecule has 1 aliphatic heterocycles. The summed E-state index contributed by atoms with van der Waals surface area (Å²) >= 11 is 6.08. The lowest BCUT2D eigenvalue weighted by atomic mass is 10.0. The monoisotopic (exact) mass is 609 g/mol. The molecular formula is C29H25ClF5N3O4. The Labute approximate surface area is 242 Å². The van der Waals surface area contributed by atoms with Crippen LogP contribution in [0.4, 0.5) is 27.6 Å². The standard InChI is InChI=1S/C29H25ClF5N3O4/c1-15(2)38-24-9-7-18(30)13-25(24)42-14-23(28(38)41)37-27(40)22(11-16-4-3-5-19(31)10-16)36-26(39)20-8-6-17(12-21(20)32)29(33,34)35/h3-10,12-13,15,22-23H,11,14H2,1-2H3,(H,36,39)(H,37,40)/t22-,23-/m1/s1. The molecule has 3 aromatic rings. The van der Waals surface area contributed by atoms with Crippen LogP contribution in [0.5, 0.6) is 5.75 Å². The summed E-state index contributed by atoms with van der Waals surface area (Å²) in [5.74, 6) is -4.37. The predicted molar refractivity (Wildman–Crippen MR) is 144 cm³/mol. The lowest BCUT2D eigenvalue weighted by Gasteiger charge is -2.29. The highest BCUT2D eigenvalue weighted by Gasteiger charge is 2.36. The quantitative estimate of drug-likeness (QED) is 0.356. The Kier molecular flexibility index (Phi) is 9.05. The summed E-state index contributed by atoms with van der Waals surface area (Å²) in [6, 6.07) is 8.12. The van der Waals surface area contributed by atoms with Crippen molar-refractivity contribution in [2.24, 2.45) is 0 Å². The van der Waals surface area contributed by atoms with E-state index in [9.17, 15) is 36.3 Å². The number of rotatable bonds is 7. The molecule has 0 aliphatic carbocycles. The van der Waals surface area contributed by atoms with E-state index in [-0.39, 0.29) is 30.7 Å². The normalized spacial score (nSPS) is 15.9. The molecule has 2 atom stereocenters. The summed E-state index contributed by atoms with van der Waals surface area (Å²) in [5, 5.41) is 5.20. The first-order chi connectivity index (χ1) is 19.7. The molecule has 1 heterocycles. The van der Waals surface area contributed by atoms with E-state index in [1.165, 1.54) is 29.2 Å².